The van der Waals surface area contributed by atoms with Crippen molar-refractivity contribution in [3.8, 4) is 17.3 Å². The summed E-state index contributed by atoms with van der Waals surface area (Å²) in [5.74, 6) is -1.23. The molecule has 0 saturated heterocycles. The fraction of sp³-hybridized carbons (Fsp3) is 0.214. The van der Waals surface area contributed by atoms with Gasteiger partial charge in [0.15, 0.2) is 15.7 Å². The van der Waals surface area contributed by atoms with Crippen LogP contribution in [0.1, 0.15) is 29.4 Å². The number of fused-ring (bicyclic) bond motifs is 2. The average Bonchev–Trinajstić information content (AvgIpc) is 3.42. The number of hydrogen-bond acceptors (Lipinski definition) is 8. The number of ether oxygens (including phenoxy) is 1. The van der Waals surface area contributed by atoms with Crippen LogP contribution in [0.15, 0.2) is 54.7 Å². The minimum atomic E-state index is -3.40. The van der Waals surface area contributed by atoms with Gasteiger partial charge in [-0.15, -0.1) is 0 Å². The molecule has 40 heavy (non-hydrogen) atoms. The van der Waals surface area contributed by atoms with Gasteiger partial charge in [-0.2, -0.15) is 5.10 Å². The number of benzene rings is 2. The number of nitrogens with one attached hydrogen (secondary N) is 1. The lowest BCUT2D eigenvalue weighted by Gasteiger charge is -2.11. The van der Waals surface area contributed by atoms with Gasteiger partial charge in [-0.1, -0.05) is 18.2 Å². The topological polar surface area (TPSA) is 112 Å². The van der Waals surface area contributed by atoms with Gasteiger partial charge in [0.2, 0.25) is 0 Å². The molecule has 4 heterocycles. The maximum absolute atomic E-state index is 14.9. The minimum absolute atomic E-state index is 0.109. The molecule has 0 unspecified atom stereocenters. The molecule has 3 aromatic heterocycles. The van der Waals surface area contributed by atoms with Gasteiger partial charge in [-0.05, 0) is 32.0 Å². The molecule has 0 atom stereocenters. The molecule has 1 N–H and O–H groups in total. The molecule has 0 spiro atoms. The second kappa shape index (κ2) is 9.94. The summed E-state index contributed by atoms with van der Waals surface area (Å²) in [6.45, 7) is 3.67. The first kappa shape index (κ1) is 25.8. The molecule has 12 heteroatoms. The van der Waals surface area contributed by atoms with E-state index in [-0.39, 0.29) is 41.8 Å². The first-order valence-electron chi connectivity index (χ1n) is 12.6. The lowest BCUT2D eigenvalue weighted by atomic mass is 10.1. The Morgan fingerprint density at radius 3 is 2.58 bits per heavy atom. The third-order valence-corrected chi connectivity index (χ3v) is 8.02. The molecule has 0 fully saturated rings. The quantitative estimate of drug-likeness (QED) is 0.292. The number of hydrogen-bond donors (Lipinski definition) is 1. The summed E-state index contributed by atoms with van der Waals surface area (Å²) < 4.78 is 61.6. The van der Waals surface area contributed by atoms with Crippen LogP contribution in [-0.2, 0) is 27.9 Å². The van der Waals surface area contributed by atoms with Gasteiger partial charge in [0.1, 0.15) is 28.9 Å². The Balaban J connectivity index is 1.46. The van der Waals surface area contributed by atoms with Crippen LogP contribution in [0.4, 0.5) is 20.3 Å². The Bertz CT molecular complexity index is 1870. The van der Waals surface area contributed by atoms with E-state index < -0.39 is 21.5 Å². The third-order valence-electron chi connectivity index (χ3n) is 6.58. The largest absolute Gasteiger partial charge is 0.494 e. The van der Waals surface area contributed by atoms with Crippen molar-refractivity contribution in [2.45, 2.75) is 31.9 Å². The summed E-state index contributed by atoms with van der Waals surface area (Å²) in [5.41, 5.74) is 3.17. The van der Waals surface area contributed by atoms with E-state index in [0.717, 1.165) is 17.8 Å². The van der Waals surface area contributed by atoms with E-state index >= 15 is 0 Å². The highest BCUT2D eigenvalue weighted by atomic mass is 32.2. The van der Waals surface area contributed by atoms with Crippen LogP contribution < -0.4 is 10.1 Å². The van der Waals surface area contributed by atoms with E-state index in [1.54, 1.807) is 31.3 Å². The molecule has 0 radical (unpaired) electrons. The smallest absolute Gasteiger partial charge is 0.183 e. The Morgan fingerprint density at radius 2 is 1.82 bits per heavy atom. The lowest BCUT2D eigenvalue weighted by molar-refractivity contribution is 0.335. The van der Waals surface area contributed by atoms with Crippen LogP contribution in [0.25, 0.3) is 22.4 Å². The molecular formula is C28H24F2N6O3S. The normalized spacial score (nSPS) is 13.9. The highest BCUT2D eigenvalue weighted by Crippen LogP contribution is 2.35. The molecule has 204 valence electrons. The summed E-state index contributed by atoms with van der Waals surface area (Å²) in [7, 11) is -3.40. The summed E-state index contributed by atoms with van der Waals surface area (Å²) in [5, 5.41) is 8.53. The summed E-state index contributed by atoms with van der Waals surface area (Å²) in [4.78, 5) is 13.5. The summed E-state index contributed by atoms with van der Waals surface area (Å²) >= 11 is 0. The fourth-order valence-electron chi connectivity index (χ4n) is 4.79. The molecule has 0 aliphatic carbocycles. The number of halogens is 2. The predicted octanol–water partition coefficient (Wildman–Crippen LogP) is 5.09. The highest BCUT2D eigenvalue weighted by molar-refractivity contribution is 7.90. The second-order valence-electron chi connectivity index (χ2n) is 9.49. The van der Waals surface area contributed by atoms with Crippen LogP contribution in [0.5, 0.6) is 5.75 Å². The Morgan fingerprint density at radius 1 is 1.05 bits per heavy atom. The van der Waals surface area contributed by atoms with E-state index in [1.807, 2.05) is 25.1 Å². The van der Waals surface area contributed by atoms with Gasteiger partial charge in [-0.25, -0.2) is 27.2 Å². The third kappa shape index (κ3) is 4.86. The van der Waals surface area contributed by atoms with Crippen LogP contribution in [0, 0.1) is 18.6 Å². The number of pyridine rings is 1. The SMILES string of the molecule is CCOc1cc(F)c(Cn2nc(-c3nc4c(c(Nc5ccnc(C)c5)n3)CS(=O)(=O)C4)c3ccccc32)c(F)c1. The maximum Gasteiger partial charge on any atom is 0.183 e. The lowest BCUT2D eigenvalue weighted by Crippen LogP contribution is -2.08. The van der Waals surface area contributed by atoms with Crippen LogP contribution >= 0.6 is 0 Å². The van der Waals surface area contributed by atoms with Crippen molar-refractivity contribution >= 4 is 32.2 Å². The van der Waals surface area contributed by atoms with Gasteiger partial charge < -0.3 is 10.1 Å². The Kier molecular flexibility index (Phi) is 6.41. The standard InChI is InChI=1S/C28H24F2N6O3S/c1-3-39-18-11-22(29)20(23(30)12-18)13-36-25-7-5-4-6-19(25)26(35-36)28-33-24-15-40(37,38)14-21(24)27(34-28)32-17-8-9-31-16(2)10-17/h4-12H,3,13-15H2,1-2H3,(H,31,32,33,34). The van der Waals surface area contributed by atoms with E-state index in [9.17, 15) is 17.2 Å². The minimum Gasteiger partial charge on any atom is -0.494 e. The molecule has 1 aliphatic rings. The number of aromatic nitrogens is 5. The van der Waals surface area contributed by atoms with Gasteiger partial charge in [-0.3, -0.25) is 9.67 Å². The van der Waals surface area contributed by atoms with Gasteiger partial charge in [0.05, 0.1) is 35.9 Å². The number of para-hydroxylation sites is 1. The van der Waals surface area contributed by atoms with Gasteiger partial charge in [0, 0.05) is 46.2 Å². The zero-order valence-corrected chi connectivity index (χ0v) is 22.5. The van der Waals surface area contributed by atoms with Gasteiger partial charge >= 0.3 is 0 Å². The summed E-state index contributed by atoms with van der Waals surface area (Å²) in [6.07, 6.45) is 1.64. The number of rotatable bonds is 7. The highest BCUT2D eigenvalue weighted by Gasteiger charge is 2.31. The van der Waals surface area contributed by atoms with Crippen molar-refractivity contribution in [1.29, 1.82) is 0 Å². The molecule has 9 nitrogen and oxygen atoms in total. The van der Waals surface area contributed by atoms with Crippen molar-refractivity contribution in [3.05, 3.63) is 88.9 Å². The molecule has 0 bridgehead atoms. The van der Waals surface area contributed by atoms with E-state index in [4.69, 9.17) is 9.72 Å². The molecular weight excluding hydrogens is 538 g/mol. The van der Waals surface area contributed by atoms with E-state index in [1.165, 1.54) is 4.68 Å². The first-order valence-corrected chi connectivity index (χ1v) is 14.4. The zero-order chi connectivity index (χ0) is 28.0. The number of anilines is 2. The molecule has 6 rings (SSSR count). The van der Waals surface area contributed by atoms with Crippen LogP contribution in [0.2, 0.25) is 0 Å². The van der Waals surface area contributed by atoms with Crippen molar-refractivity contribution in [3.63, 3.8) is 0 Å². The number of nitrogens with zero attached hydrogens (tertiary/aromatic N) is 5. The monoisotopic (exact) mass is 562 g/mol. The Labute approximate surface area is 228 Å². The molecule has 5 aromatic rings. The van der Waals surface area contributed by atoms with Crippen molar-refractivity contribution < 1.29 is 21.9 Å². The number of aryl methyl sites for hydroxylation is 1. The van der Waals surface area contributed by atoms with Gasteiger partial charge in [0.25, 0.3) is 0 Å². The van der Waals surface area contributed by atoms with E-state index in [2.05, 4.69) is 20.4 Å². The van der Waals surface area contributed by atoms with Crippen molar-refractivity contribution in [2.24, 2.45) is 0 Å². The molecule has 0 amide bonds. The molecule has 1 aliphatic heterocycles. The number of sulfone groups is 1. The van der Waals surface area contributed by atoms with Crippen LogP contribution in [0.3, 0.4) is 0 Å². The predicted molar refractivity (Wildman–Crippen MR) is 146 cm³/mol. The zero-order valence-electron chi connectivity index (χ0n) is 21.6. The first-order chi connectivity index (χ1) is 19.2. The fourth-order valence-corrected chi connectivity index (χ4v) is 6.29. The average molecular weight is 563 g/mol. The molecule has 0 saturated carbocycles. The van der Waals surface area contributed by atoms with Crippen molar-refractivity contribution in [1.82, 2.24) is 24.7 Å². The Hall–Kier alpha value is -4.45. The molecule has 2 aromatic carbocycles. The van der Waals surface area contributed by atoms with Crippen molar-refractivity contribution in [2.75, 3.05) is 11.9 Å². The van der Waals surface area contributed by atoms with Crippen LogP contribution in [-0.4, -0.2) is 39.8 Å². The maximum atomic E-state index is 14.9. The van der Waals surface area contributed by atoms with E-state index in [0.29, 0.717) is 39.4 Å². The summed E-state index contributed by atoms with van der Waals surface area (Å²) in [6, 6.07) is 13.1. The second-order valence-corrected chi connectivity index (χ2v) is 11.6.